The van der Waals surface area contributed by atoms with Crippen LogP contribution in [0.1, 0.15) is 19.4 Å². The van der Waals surface area contributed by atoms with Crippen molar-refractivity contribution in [2.24, 2.45) is 11.7 Å². The first-order valence-corrected chi connectivity index (χ1v) is 6.07. The first-order chi connectivity index (χ1) is 9.19. The third kappa shape index (κ3) is 5.48. The largest absolute Gasteiger partial charge is 0.573 e. The lowest BCUT2D eigenvalue weighted by molar-refractivity contribution is -0.274. The van der Waals surface area contributed by atoms with Crippen molar-refractivity contribution in [2.45, 2.75) is 32.8 Å². The highest BCUT2D eigenvalue weighted by atomic mass is 19.4. The number of nitrogens with two attached hydrogens (primary N) is 1. The van der Waals surface area contributed by atoms with Gasteiger partial charge in [0.25, 0.3) is 0 Å². The summed E-state index contributed by atoms with van der Waals surface area (Å²) in [6.45, 7) is 3.85. The summed E-state index contributed by atoms with van der Waals surface area (Å²) in [4.78, 5) is 11.6. The number of benzene rings is 1. The van der Waals surface area contributed by atoms with Gasteiger partial charge in [0.1, 0.15) is 5.75 Å². The number of carbonyl (C=O) groups excluding carboxylic acids is 1. The van der Waals surface area contributed by atoms with Gasteiger partial charge in [-0.15, -0.1) is 13.2 Å². The quantitative estimate of drug-likeness (QED) is 0.873. The summed E-state index contributed by atoms with van der Waals surface area (Å²) in [6, 6.07) is 4.67. The van der Waals surface area contributed by atoms with Crippen LogP contribution < -0.4 is 15.8 Å². The van der Waals surface area contributed by atoms with Gasteiger partial charge in [-0.3, -0.25) is 4.79 Å². The fourth-order valence-corrected chi connectivity index (χ4v) is 1.42. The lowest BCUT2D eigenvalue weighted by Crippen LogP contribution is -2.43. The summed E-state index contributed by atoms with van der Waals surface area (Å²) in [5.74, 6) is -0.584. The molecule has 0 fully saturated rings. The van der Waals surface area contributed by atoms with Crippen molar-refractivity contribution in [1.82, 2.24) is 5.32 Å². The molecular weight excluding hydrogens is 273 g/mol. The predicted molar refractivity (Wildman–Crippen MR) is 67.8 cm³/mol. The normalized spacial score (nSPS) is 13.2. The minimum Gasteiger partial charge on any atom is -0.406 e. The van der Waals surface area contributed by atoms with E-state index in [4.69, 9.17) is 5.73 Å². The lowest BCUT2D eigenvalue weighted by Gasteiger charge is -2.15. The zero-order valence-corrected chi connectivity index (χ0v) is 11.2. The number of nitrogens with one attached hydrogen (secondary N) is 1. The van der Waals surface area contributed by atoms with E-state index in [0.29, 0.717) is 5.56 Å². The summed E-state index contributed by atoms with van der Waals surface area (Å²) in [7, 11) is 0. The molecule has 1 aromatic rings. The van der Waals surface area contributed by atoms with Crippen molar-refractivity contribution in [3.05, 3.63) is 29.8 Å². The van der Waals surface area contributed by atoms with E-state index in [9.17, 15) is 18.0 Å². The van der Waals surface area contributed by atoms with Crippen molar-refractivity contribution >= 4 is 5.91 Å². The summed E-state index contributed by atoms with van der Waals surface area (Å²) in [6.07, 6.45) is -4.71. The molecule has 1 rings (SSSR count). The third-order valence-corrected chi connectivity index (χ3v) is 2.64. The van der Waals surface area contributed by atoms with Gasteiger partial charge in [0.15, 0.2) is 0 Å². The Morgan fingerprint density at radius 2 is 1.85 bits per heavy atom. The molecule has 0 spiro atoms. The van der Waals surface area contributed by atoms with Gasteiger partial charge in [0.2, 0.25) is 5.91 Å². The van der Waals surface area contributed by atoms with E-state index in [2.05, 4.69) is 10.1 Å². The van der Waals surface area contributed by atoms with Gasteiger partial charge in [0, 0.05) is 6.54 Å². The van der Waals surface area contributed by atoms with E-state index in [1.54, 1.807) is 0 Å². The Labute approximate surface area is 115 Å². The van der Waals surface area contributed by atoms with Gasteiger partial charge in [0.05, 0.1) is 6.04 Å². The molecule has 0 heterocycles. The molecule has 112 valence electrons. The molecule has 0 radical (unpaired) electrons. The standard InChI is InChI=1S/C13H17F3N2O2/c1-8(2)11(17)12(19)18-7-9-3-5-10(6-4-9)20-13(14,15)16/h3-6,8,11H,7,17H2,1-2H3,(H,18,19)/t11-/m0/s1. The molecule has 0 saturated carbocycles. The fourth-order valence-electron chi connectivity index (χ4n) is 1.42. The Bertz CT molecular complexity index is 444. The molecule has 0 aliphatic carbocycles. The number of rotatable bonds is 5. The minimum absolute atomic E-state index is 0.0116. The van der Waals surface area contributed by atoms with Gasteiger partial charge in [-0.05, 0) is 23.6 Å². The van der Waals surface area contributed by atoms with Crippen LogP contribution in [0.2, 0.25) is 0 Å². The van der Waals surface area contributed by atoms with Crippen LogP contribution >= 0.6 is 0 Å². The molecule has 1 atom stereocenters. The van der Waals surface area contributed by atoms with Crippen LogP contribution in [0.15, 0.2) is 24.3 Å². The molecule has 7 heteroatoms. The Morgan fingerprint density at radius 1 is 1.30 bits per heavy atom. The molecule has 3 N–H and O–H groups in total. The number of hydrogen-bond donors (Lipinski definition) is 2. The van der Waals surface area contributed by atoms with Crippen LogP contribution in [0.5, 0.6) is 5.75 Å². The van der Waals surface area contributed by atoms with Crippen LogP contribution in [0.3, 0.4) is 0 Å². The maximum absolute atomic E-state index is 12.0. The highest BCUT2D eigenvalue weighted by Gasteiger charge is 2.30. The second-order valence-corrected chi connectivity index (χ2v) is 4.68. The number of carbonyl (C=O) groups is 1. The number of halogens is 3. The zero-order chi connectivity index (χ0) is 15.3. The summed E-state index contributed by atoms with van der Waals surface area (Å²) in [5, 5.41) is 2.62. The van der Waals surface area contributed by atoms with Gasteiger partial charge in [-0.25, -0.2) is 0 Å². The predicted octanol–water partition coefficient (Wildman–Crippen LogP) is 2.18. The van der Waals surface area contributed by atoms with E-state index in [-0.39, 0.29) is 24.1 Å². The van der Waals surface area contributed by atoms with E-state index in [1.165, 1.54) is 24.3 Å². The van der Waals surface area contributed by atoms with Crippen molar-refractivity contribution in [2.75, 3.05) is 0 Å². The number of amides is 1. The monoisotopic (exact) mass is 290 g/mol. The molecule has 0 aliphatic heterocycles. The molecule has 0 saturated heterocycles. The highest BCUT2D eigenvalue weighted by molar-refractivity contribution is 5.81. The number of hydrogen-bond acceptors (Lipinski definition) is 3. The second kappa shape index (κ2) is 6.60. The van der Waals surface area contributed by atoms with E-state index < -0.39 is 12.4 Å². The molecule has 0 unspecified atom stereocenters. The molecule has 1 amide bonds. The summed E-state index contributed by atoms with van der Waals surface area (Å²) in [5.41, 5.74) is 6.32. The molecule has 0 aromatic heterocycles. The van der Waals surface area contributed by atoms with E-state index in [0.717, 1.165) is 0 Å². The Morgan fingerprint density at radius 3 is 2.30 bits per heavy atom. The number of ether oxygens (including phenoxy) is 1. The minimum atomic E-state index is -4.71. The third-order valence-electron chi connectivity index (χ3n) is 2.64. The molecule has 4 nitrogen and oxygen atoms in total. The summed E-state index contributed by atoms with van der Waals surface area (Å²) >= 11 is 0. The van der Waals surface area contributed by atoms with E-state index in [1.807, 2.05) is 13.8 Å². The SMILES string of the molecule is CC(C)[C@H](N)C(=O)NCc1ccc(OC(F)(F)F)cc1. The molecular formula is C13H17F3N2O2. The molecule has 0 aliphatic rings. The first-order valence-electron chi connectivity index (χ1n) is 6.07. The first kappa shape index (κ1) is 16.3. The van der Waals surface area contributed by atoms with Crippen LogP contribution in [-0.4, -0.2) is 18.3 Å². The van der Waals surface area contributed by atoms with Crippen molar-refractivity contribution < 1.29 is 22.7 Å². The van der Waals surface area contributed by atoms with Gasteiger partial charge < -0.3 is 15.8 Å². The zero-order valence-electron chi connectivity index (χ0n) is 11.2. The lowest BCUT2D eigenvalue weighted by atomic mass is 10.0. The Kier molecular flexibility index (Phi) is 5.38. The Hall–Kier alpha value is -1.76. The fraction of sp³-hybridized carbons (Fsp3) is 0.462. The van der Waals surface area contributed by atoms with Crippen LogP contribution in [0.25, 0.3) is 0 Å². The number of alkyl halides is 3. The van der Waals surface area contributed by atoms with Crippen molar-refractivity contribution in [1.29, 1.82) is 0 Å². The van der Waals surface area contributed by atoms with Crippen molar-refractivity contribution in [3.63, 3.8) is 0 Å². The van der Waals surface area contributed by atoms with Crippen LogP contribution in [0, 0.1) is 5.92 Å². The average Bonchev–Trinajstić information content (AvgIpc) is 2.34. The van der Waals surface area contributed by atoms with E-state index >= 15 is 0 Å². The average molecular weight is 290 g/mol. The smallest absolute Gasteiger partial charge is 0.406 e. The summed E-state index contributed by atoms with van der Waals surface area (Å²) < 4.78 is 39.6. The second-order valence-electron chi connectivity index (χ2n) is 4.68. The van der Waals surface area contributed by atoms with Gasteiger partial charge >= 0.3 is 6.36 Å². The topological polar surface area (TPSA) is 64.4 Å². The molecule has 1 aromatic carbocycles. The van der Waals surface area contributed by atoms with Crippen LogP contribution in [0.4, 0.5) is 13.2 Å². The maximum atomic E-state index is 12.0. The molecule has 20 heavy (non-hydrogen) atoms. The molecule has 0 bridgehead atoms. The van der Waals surface area contributed by atoms with Crippen LogP contribution in [-0.2, 0) is 11.3 Å². The highest BCUT2D eigenvalue weighted by Crippen LogP contribution is 2.22. The van der Waals surface area contributed by atoms with Gasteiger partial charge in [-0.1, -0.05) is 26.0 Å². The Balaban J connectivity index is 2.52. The van der Waals surface area contributed by atoms with Crippen molar-refractivity contribution in [3.8, 4) is 5.75 Å². The van der Waals surface area contributed by atoms with Gasteiger partial charge in [-0.2, -0.15) is 0 Å². The maximum Gasteiger partial charge on any atom is 0.573 e.